The van der Waals surface area contributed by atoms with Gasteiger partial charge in [0.05, 0.1) is 0 Å². The number of benzene rings is 1. The maximum atomic E-state index is 10.4. The number of rotatable bonds is 1. The SMILES string of the molecule is Ic1ccc[cH-]1.O=Cc1ccc(C#Cc2ccc[cH-]2)cc1.[Fe+2]. The van der Waals surface area contributed by atoms with Crippen molar-refractivity contribution in [3.63, 3.8) is 0 Å². The Balaban J connectivity index is 0.000000293. The molecule has 0 aliphatic carbocycles. The quantitative estimate of drug-likeness (QED) is 0.178. The van der Waals surface area contributed by atoms with Crippen molar-refractivity contribution in [1.82, 2.24) is 0 Å². The van der Waals surface area contributed by atoms with E-state index in [0.29, 0.717) is 5.56 Å². The topological polar surface area (TPSA) is 17.1 Å². The normalized spacial score (nSPS) is 8.59. The van der Waals surface area contributed by atoms with E-state index in [4.69, 9.17) is 0 Å². The van der Waals surface area contributed by atoms with Crippen LogP contribution in [0.1, 0.15) is 21.5 Å². The van der Waals surface area contributed by atoms with Crippen molar-refractivity contribution in [3.05, 3.63) is 93.1 Å². The number of hydrogen-bond donors (Lipinski definition) is 0. The van der Waals surface area contributed by atoms with Gasteiger partial charge in [-0.25, -0.2) is 12.1 Å². The van der Waals surface area contributed by atoms with E-state index >= 15 is 0 Å². The van der Waals surface area contributed by atoms with Gasteiger partial charge >= 0.3 is 17.1 Å². The fourth-order valence-corrected chi connectivity index (χ4v) is 2.01. The van der Waals surface area contributed by atoms with E-state index in [1.165, 1.54) is 3.57 Å². The smallest absolute Gasteiger partial charge is 0.298 e. The molecule has 0 saturated carbocycles. The van der Waals surface area contributed by atoms with E-state index in [1.807, 2.05) is 48.5 Å². The van der Waals surface area contributed by atoms with Crippen molar-refractivity contribution >= 4 is 28.9 Å². The van der Waals surface area contributed by atoms with E-state index in [2.05, 4.69) is 46.6 Å². The summed E-state index contributed by atoms with van der Waals surface area (Å²) in [5, 5.41) is 0. The van der Waals surface area contributed by atoms with E-state index in [-0.39, 0.29) is 17.1 Å². The van der Waals surface area contributed by atoms with Gasteiger partial charge in [-0.2, -0.15) is 36.3 Å². The molecule has 0 fully saturated rings. The van der Waals surface area contributed by atoms with Gasteiger partial charge in [0.15, 0.2) is 0 Å². The van der Waals surface area contributed by atoms with Gasteiger partial charge in [-0.15, -0.1) is 21.1 Å². The summed E-state index contributed by atoms with van der Waals surface area (Å²) in [6.45, 7) is 0. The van der Waals surface area contributed by atoms with Crippen LogP contribution in [0.3, 0.4) is 0 Å². The zero-order valence-electron chi connectivity index (χ0n) is 11.6. The van der Waals surface area contributed by atoms with Crippen molar-refractivity contribution in [2.75, 3.05) is 0 Å². The van der Waals surface area contributed by atoms with Crippen LogP contribution >= 0.6 is 22.6 Å². The molecule has 22 heavy (non-hydrogen) atoms. The summed E-state index contributed by atoms with van der Waals surface area (Å²) in [4.78, 5) is 10.4. The molecule has 110 valence electrons. The van der Waals surface area contributed by atoms with Crippen LogP contribution in [0.4, 0.5) is 0 Å². The second-order valence-electron chi connectivity index (χ2n) is 4.27. The zero-order chi connectivity index (χ0) is 14.9. The molecule has 0 saturated heterocycles. The van der Waals surface area contributed by atoms with E-state index in [1.54, 1.807) is 12.1 Å². The van der Waals surface area contributed by atoms with Gasteiger partial charge in [0.25, 0.3) is 0 Å². The van der Waals surface area contributed by atoms with E-state index in [9.17, 15) is 4.79 Å². The average Bonchev–Trinajstić information content (AvgIpc) is 3.20. The fraction of sp³-hybridized carbons (Fsp3) is 0. The minimum Gasteiger partial charge on any atom is -0.298 e. The van der Waals surface area contributed by atoms with Gasteiger partial charge in [-0.3, -0.25) is 4.79 Å². The molecule has 0 amide bonds. The van der Waals surface area contributed by atoms with Crippen molar-refractivity contribution < 1.29 is 21.9 Å². The van der Waals surface area contributed by atoms with Crippen molar-refractivity contribution in [2.24, 2.45) is 0 Å². The molecule has 0 radical (unpaired) electrons. The molecule has 0 aliphatic rings. The van der Waals surface area contributed by atoms with Gasteiger partial charge in [0, 0.05) is 11.1 Å². The Hall–Kier alpha value is -1.60. The van der Waals surface area contributed by atoms with Crippen LogP contribution in [0.25, 0.3) is 0 Å². The number of halogens is 1. The summed E-state index contributed by atoms with van der Waals surface area (Å²) in [6.07, 6.45) is 0.828. The molecule has 0 heterocycles. The first kappa shape index (κ1) is 18.4. The minimum atomic E-state index is 0. The summed E-state index contributed by atoms with van der Waals surface area (Å²) in [6, 6.07) is 23.3. The second kappa shape index (κ2) is 10.2. The zero-order valence-corrected chi connectivity index (χ0v) is 14.9. The first-order chi connectivity index (χ1) is 10.3. The van der Waals surface area contributed by atoms with Crippen LogP contribution in [-0.2, 0) is 17.1 Å². The number of carbonyl (C=O) groups is 1. The third kappa shape index (κ3) is 6.44. The molecule has 3 aromatic carbocycles. The summed E-state index contributed by atoms with van der Waals surface area (Å²) < 4.78 is 1.31. The van der Waals surface area contributed by atoms with E-state index < -0.39 is 0 Å². The van der Waals surface area contributed by atoms with E-state index in [0.717, 1.165) is 17.4 Å². The molecule has 1 nitrogen and oxygen atoms in total. The van der Waals surface area contributed by atoms with Crippen molar-refractivity contribution in [2.45, 2.75) is 0 Å². The molecular formula is C19H13FeIO. The summed E-state index contributed by atoms with van der Waals surface area (Å²) in [5.41, 5.74) is 2.60. The maximum Gasteiger partial charge on any atom is 2.00 e. The largest absolute Gasteiger partial charge is 2.00 e. The molecular weight excluding hydrogens is 427 g/mol. The van der Waals surface area contributed by atoms with Crippen LogP contribution < -0.4 is 0 Å². The predicted octanol–water partition coefficient (Wildman–Crippen LogP) is 4.63. The first-order valence-electron chi connectivity index (χ1n) is 6.44. The van der Waals surface area contributed by atoms with Gasteiger partial charge in [0.1, 0.15) is 6.29 Å². The fourth-order valence-electron chi connectivity index (χ4n) is 1.60. The monoisotopic (exact) mass is 440 g/mol. The standard InChI is InChI=1S/C14H9O.C5H4I.Fe/c15-11-14-9-7-13(8-10-14)6-5-12-3-1-2-4-12;6-5-3-1-2-4-5;/h1-4,7-11H;1-4H;/q2*-1;+2. The van der Waals surface area contributed by atoms with Gasteiger partial charge in [-0.05, 0) is 12.1 Å². The van der Waals surface area contributed by atoms with Gasteiger partial charge in [0.2, 0.25) is 0 Å². The minimum absolute atomic E-state index is 0. The van der Waals surface area contributed by atoms with Crippen LogP contribution in [0, 0.1) is 15.4 Å². The molecule has 0 N–H and O–H groups in total. The molecule has 3 rings (SSSR count). The Morgan fingerprint density at radius 1 is 0.909 bits per heavy atom. The summed E-state index contributed by atoms with van der Waals surface area (Å²) in [7, 11) is 0. The van der Waals surface area contributed by atoms with Crippen molar-refractivity contribution in [1.29, 1.82) is 0 Å². The Morgan fingerprint density at radius 2 is 1.59 bits per heavy atom. The Kier molecular flexibility index (Phi) is 8.54. The van der Waals surface area contributed by atoms with Crippen LogP contribution in [0.2, 0.25) is 0 Å². The Bertz CT molecular complexity index is 714. The Labute approximate surface area is 155 Å². The Morgan fingerprint density at radius 3 is 2.05 bits per heavy atom. The molecule has 0 atom stereocenters. The first-order valence-corrected chi connectivity index (χ1v) is 7.52. The summed E-state index contributed by atoms with van der Waals surface area (Å²) >= 11 is 2.28. The molecule has 0 unspecified atom stereocenters. The maximum absolute atomic E-state index is 10.4. The van der Waals surface area contributed by atoms with Gasteiger partial charge in [-0.1, -0.05) is 34.7 Å². The molecule has 0 aliphatic heterocycles. The predicted molar refractivity (Wildman–Crippen MR) is 94.6 cm³/mol. The van der Waals surface area contributed by atoms with Crippen LogP contribution in [0.15, 0.2) is 72.8 Å². The van der Waals surface area contributed by atoms with Crippen LogP contribution in [-0.4, -0.2) is 6.29 Å². The molecule has 0 spiro atoms. The van der Waals surface area contributed by atoms with Crippen molar-refractivity contribution in [3.8, 4) is 11.8 Å². The number of aldehydes is 1. The van der Waals surface area contributed by atoms with Crippen LogP contribution in [0.5, 0.6) is 0 Å². The molecule has 0 aromatic heterocycles. The number of carbonyl (C=O) groups excluding carboxylic acids is 1. The third-order valence-electron chi connectivity index (χ3n) is 2.68. The molecule has 3 aromatic rings. The molecule has 3 heteroatoms. The van der Waals surface area contributed by atoms with Gasteiger partial charge < -0.3 is 0 Å². The third-order valence-corrected chi connectivity index (χ3v) is 3.40. The number of hydrogen-bond acceptors (Lipinski definition) is 1. The second-order valence-corrected chi connectivity index (χ2v) is 5.51. The summed E-state index contributed by atoms with van der Waals surface area (Å²) in [5.74, 6) is 6.07. The molecule has 0 bridgehead atoms. The average molecular weight is 440 g/mol.